The molecule has 204 valence electrons. The summed E-state index contributed by atoms with van der Waals surface area (Å²) in [5.74, 6) is -2.12. The number of hydrogen-bond acceptors (Lipinski definition) is 5. The first-order valence-corrected chi connectivity index (χ1v) is 13.5. The Morgan fingerprint density at radius 3 is 2.41 bits per heavy atom. The molecule has 0 aromatic heterocycles. The van der Waals surface area contributed by atoms with E-state index >= 15 is 0 Å². The Hall–Kier alpha value is -2.45. The first-order chi connectivity index (χ1) is 17.2. The molecule has 2 unspecified atom stereocenters. The fourth-order valence-corrected chi connectivity index (χ4v) is 7.28. The molecule has 2 bridgehead atoms. The Labute approximate surface area is 220 Å². The average Bonchev–Trinajstić information content (AvgIpc) is 3.35. The predicted octanol–water partition coefficient (Wildman–Crippen LogP) is 2.78. The van der Waals surface area contributed by atoms with Crippen LogP contribution < -0.4 is 10.6 Å². The Balaban J connectivity index is 1.63. The summed E-state index contributed by atoms with van der Waals surface area (Å²) in [5.41, 5.74) is -1.40. The quantitative estimate of drug-likeness (QED) is 0.471. The standard InChI is InChI=1S/C29H43N3O5/c1-26(2,3)18-27(4,5)31-24(35)22-29-14-13-28(6,37-29)20(21(29)25(36)32(22)15-10-16-33)23(34)30-17-19-11-8-7-9-12-19/h7-9,11-12,20-22,33H,10,13-18H2,1-6H3,(H,30,34)(H,31,35)/t20-,21-,22?,28+,29?/m0/s1. The highest BCUT2D eigenvalue weighted by Crippen LogP contribution is 2.63. The van der Waals surface area contributed by atoms with Crippen molar-refractivity contribution in [2.45, 2.75) is 96.6 Å². The molecular formula is C29H43N3O5. The summed E-state index contributed by atoms with van der Waals surface area (Å²) in [6.07, 6.45) is 2.24. The van der Waals surface area contributed by atoms with Crippen LogP contribution in [0.25, 0.3) is 0 Å². The van der Waals surface area contributed by atoms with Gasteiger partial charge in [-0.05, 0) is 57.4 Å². The fourth-order valence-electron chi connectivity index (χ4n) is 7.28. The Bertz CT molecular complexity index is 1040. The van der Waals surface area contributed by atoms with Crippen molar-refractivity contribution in [2.75, 3.05) is 13.2 Å². The first-order valence-electron chi connectivity index (χ1n) is 13.5. The Kier molecular flexibility index (Phi) is 7.23. The van der Waals surface area contributed by atoms with Gasteiger partial charge in [0.05, 0.1) is 17.4 Å². The molecule has 3 aliphatic heterocycles. The molecule has 0 saturated carbocycles. The molecule has 5 atom stereocenters. The second-order valence-electron chi connectivity index (χ2n) is 13.2. The minimum Gasteiger partial charge on any atom is -0.396 e. The van der Waals surface area contributed by atoms with Gasteiger partial charge in [0.1, 0.15) is 11.6 Å². The van der Waals surface area contributed by atoms with Crippen LogP contribution in [0, 0.1) is 17.3 Å². The Morgan fingerprint density at radius 2 is 1.78 bits per heavy atom. The Morgan fingerprint density at radius 1 is 1.11 bits per heavy atom. The molecule has 8 nitrogen and oxygen atoms in total. The van der Waals surface area contributed by atoms with Crippen LogP contribution in [-0.4, -0.2) is 63.7 Å². The van der Waals surface area contributed by atoms with Crippen molar-refractivity contribution >= 4 is 17.7 Å². The molecule has 3 saturated heterocycles. The lowest BCUT2D eigenvalue weighted by molar-refractivity contribution is -0.147. The smallest absolute Gasteiger partial charge is 0.246 e. The van der Waals surface area contributed by atoms with E-state index < -0.39 is 34.6 Å². The number of aliphatic hydroxyl groups is 1. The number of benzene rings is 1. The van der Waals surface area contributed by atoms with E-state index in [1.807, 2.05) is 51.1 Å². The number of likely N-dealkylation sites (tertiary alicyclic amines) is 1. The van der Waals surface area contributed by atoms with E-state index in [1.54, 1.807) is 4.90 Å². The van der Waals surface area contributed by atoms with Crippen molar-refractivity contribution in [1.82, 2.24) is 15.5 Å². The van der Waals surface area contributed by atoms with Gasteiger partial charge in [0.2, 0.25) is 17.7 Å². The second-order valence-corrected chi connectivity index (χ2v) is 13.2. The fraction of sp³-hybridized carbons (Fsp3) is 0.690. The van der Waals surface area contributed by atoms with Gasteiger partial charge in [0.25, 0.3) is 0 Å². The molecule has 1 aromatic carbocycles. The van der Waals surface area contributed by atoms with E-state index in [9.17, 15) is 19.5 Å². The van der Waals surface area contributed by atoms with Crippen molar-refractivity contribution in [3.8, 4) is 0 Å². The molecule has 3 N–H and O–H groups in total. The van der Waals surface area contributed by atoms with E-state index in [-0.39, 0.29) is 36.3 Å². The maximum atomic E-state index is 13.9. The summed E-state index contributed by atoms with van der Waals surface area (Å²) in [4.78, 5) is 43.0. The van der Waals surface area contributed by atoms with Gasteiger partial charge in [-0.15, -0.1) is 0 Å². The van der Waals surface area contributed by atoms with Crippen LogP contribution >= 0.6 is 0 Å². The first kappa shape index (κ1) is 27.6. The van der Waals surface area contributed by atoms with Gasteiger partial charge in [-0.25, -0.2) is 0 Å². The second kappa shape index (κ2) is 9.70. The summed E-state index contributed by atoms with van der Waals surface area (Å²) < 4.78 is 6.64. The summed E-state index contributed by atoms with van der Waals surface area (Å²) in [7, 11) is 0. The van der Waals surface area contributed by atoms with E-state index in [2.05, 4.69) is 31.4 Å². The van der Waals surface area contributed by atoms with Gasteiger partial charge < -0.3 is 25.4 Å². The summed E-state index contributed by atoms with van der Waals surface area (Å²) in [5, 5.41) is 15.7. The van der Waals surface area contributed by atoms with Crippen LogP contribution in [0.5, 0.6) is 0 Å². The van der Waals surface area contributed by atoms with Gasteiger partial charge >= 0.3 is 0 Å². The van der Waals surface area contributed by atoms with Crippen LogP contribution in [0.15, 0.2) is 30.3 Å². The molecule has 3 amide bonds. The number of rotatable bonds is 9. The van der Waals surface area contributed by atoms with Crippen molar-refractivity contribution in [1.29, 1.82) is 0 Å². The number of amides is 3. The van der Waals surface area contributed by atoms with Gasteiger partial charge in [0, 0.05) is 25.2 Å². The summed E-state index contributed by atoms with van der Waals surface area (Å²) >= 11 is 0. The van der Waals surface area contributed by atoms with Gasteiger partial charge in [0.15, 0.2) is 0 Å². The largest absolute Gasteiger partial charge is 0.396 e. The lowest BCUT2D eigenvalue weighted by atomic mass is 9.66. The summed E-state index contributed by atoms with van der Waals surface area (Å²) in [6.45, 7) is 12.8. The predicted molar refractivity (Wildman–Crippen MR) is 140 cm³/mol. The molecule has 3 fully saturated rings. The number of hydrogen-bond donors (Lipinski definition) is 3. The molecule has 8 heteroatoms. The lowest BCUT2D eigenvalue weighted by Gasteiger charge is -2.38. The molecule has 37 heavy (non-hydrogen) atoms. The number of carbonyl (C=O) groups excluding carboxylic acids is 3. The van der Waals surface area contributed by atoms with Crippen molar-refractivity contribution in [3.63, 3.8) is 0 Å². The third kappa shape index (κ3) is 5.15. The number of fused-ring (bicyclic) bond motifs is 1. The number of aliphatic hydroxyl groups excluding tert-OH is 1. The van der Waals surface area contributed by atoms with E-state index in [0.717, 1.165) is 12.0 Å². The topological polar surface area (TPSA) is 108 Å². The van der Waals surface area contributed by atoms with Crippen LogP contribution in [-0.2, 0) is 25.7 Å². The molecule has 0 aliphatic carbocycles. The van der Waals surface area contributed by atoms with Gasteiger partial charge in [-0.1, -0.05) is 51.1 Å². The minimum atomic E-state index is -1.06. The highest BCUT2D eigenvalue weighted by Gasteiger charge is 2.77. The number of nitrogens with one attached hydrogen (secondary N) is 2. The molecule has 1 aromatic rings. The average molecular weight is 514 g/mol. The SMILES string of the molecule is CC(C)(C)CC(C)(C)NC(=O)C1N(CCCO)C(=O)[C@@H]2[C@@H](C(=O)NCc3ccccc3)[C@@]3(C)CCC12O3. The minimum absolute atomic E-state index is 0.00258. The van der Waals surface area contributed by atoms with Crippen molar-refractivity contribution in [2.24, 2.45) is 17.3 Å². The number of nitrogens with zero attached hydrogens (tertiary/aromatic N) is 1. The van der Waals surface area contributed by atoms with Crippen LogP contribution in [0.1, 0.15) is 72.8 Å². The van der Waals surface area contributed by atoms with Crippen molar-refractivity contribution < 1.29 is 24.2 Å². The number of carbonyl (C=O) groups is 3. The van der Waals surface area contributed by atoms with Crippen molar-refractivity contribution in [3.05, 3.63) is 35.9 Å². The summed E-state index contributed by atoms with van der Waals surface area (Å²) in [6, 6.07) is 8.80. The zero-order valence-corrected chi connectivity index (χ0v) is 23.1. The van der Waals surface area contributed by atoms with E-state index in [1.165, 1.54) is 0 Å². The highest BCUT2D eigenvalue weighted by atomic mass is 16.5. The van der Waals surface area contributed by atoms with Crippen LogP contribution in [0.4, 0.5) is 0 Å². The lowest BCUT2D eigenvalue weighted by Crippen LogP contribution is -2.59. The zero-order valence-electron chi connectivity index (χ0n) is 23.1. The van der Waals surface area contributed by atoms with Crippen LogP contribution in [0.3, 0.4) is 0 Å². The highest BCUT2D eigenvalue weighted by molar-refractivity contribution is 5.99. The third-order valence-electron chi connectivity index (χ3n) is 8.11. The molecule has 0 radical (unpaired) electrons. The van der Waals surface area contributed by atoms with Crippen LogP contribution in [0.2, 0.25) is 0 Å². The maximum absolute atomic E-state index is 13.9. The van der Waals surface area contributed by atoms with Gasteiger partial charge in [-0.3, -0.25) is 14.4 Å². The molecular weight excluding hydrogens is 470 g/mol. The van der Waals surface area contributed by atoms with E-state index in [0.29, 0.717) is 25.8 Å². The van der Waals surface area contributed by atoms with E-state index in [4.69, 9.17) is 4.74 Å². The molecule has 3 heterocycles. The third-order valence-corrected chi connectivity index (χ3v) is 8.11. The zero-order chi connectivity index (χ0) is 27.2. The molecule has 3 aliphatic rings. The normalized spacial score (nSPS) is 30.9. The maximum Gasteiger partial charge on any atom is 0.246 e. The van der Waals surface area contributed by atoms with Gasteiger partial charge in [-0.2, -0.15) is 0 Å². The molecule has 1 spiro atoms. The molecule has 4 rings (SSSR count). The number of ether oxygens (including phenoxy) is 1. The monoisotopic (exact) mass is 513 g/mol.